The molecule has 3 rings (SSSR count). The monoisotopic (exact) mass is 257 g/mol. The number of rotatable bonds is 3. The summed E-state index contributed by atoms with van der Waals surface area (Å²) in [6.45, 7) is 0. The van der Waals surface area contributed by atoms with Crippen molar-refractivity contribution in [3.8, 4) is 11.5 Å². The van der Waals surface area contributed by atoms with E-state index in [-0.39, 0.29) is 12.3 Å². The van der Waals surface area contributed by atoms with Crippen molar-refractivity contribution in [1.29, 1.82) is 0 Å². The summed E-state index contributed by atoms with van der Waals surface area (Å²) in [4.78, 5) is 15.4. The summed E-state index contributed by atoms with van der Waals surface area (Å²) in [6, 6.07) is 7.57. The number of hydrogen-bond donors (Lipinski definition) is 1. The van der Waals surface area contributed by atoms with Crippen LogP contribution < -0.4 is 5.32 Å². The van der Waals surface area contributed by atoms with Crippen LogP contribution in [0.5, 0.6) is 0 Å². The molecule has 1 N–H and O–H groups in total. The SMILES string of the molecule is CNC(=O)Cc1noc(-c2coc3ccccc23)n1. The number of likely N-dealkylation sites (N-methyl/N-ethyl adjacent to an activating group) is 1. The second kappa shape index (κ2) is 4.56. The molecule has 1 aromatic carbocycles. The van der Waals surface area contributed by atoms with E-state index in [1.807, 2.05) is 24.3 Å². The van der Waals surface area contributed by atoms with Crippen LogP contribution in [-0.2, 0) is 11.2 Å². The lowest BCUT2D eigenvalue weighted by Crippen LogP contribution is -2.20. The zero-order valence-corrected chi connectivity index (χ0v) is 10.2. The average molecular weight is 257 g/mol. The molecule has 2 aromatic heterocycles. The van der Waals surface area contributed by atoms with E-state index in [0.717, 1.165) is 16.5 Å². The Hall–Kier alpha value is -2.63. The average Bonchev–Trinajstić information content (AvgIpc) is 3.04. The lowest BCUT2D eigenvalue weighted by Gasteiger charge is -1.92. The van der Waals surface area contributed by atoms with Gasteiger partial charge in [0.2, 0.25) is 5.91 Å². The maximum absolute atomic E-state index is 11.2. The third-order valence-electron chi connectivity index (χ3n) is 2.78. The van der Waals surface area contributed by atoms with E-state index in [4.69, 9.17) is 8.94 Å². The summed E-state index contributed by atoms with van der Waals surface area (Å²) in [5.41, 5.74) is 1.48. The zero-order chi connectivity index (χ0) is 13.2. The minimum absolute atomic E-state index is 0.0930. The van der Waals surface area contributed by atoms with Gasteiger partial charge in [-0.25, -0.2) is 0 Å². The summed E-state index contributed by atoms with van der Waals surface area (Å²) in [7, 11) is 1.56. The lowest BCUT2D eigenvalue weighted by atomic mass is 10.2. The standard InChI is InChI=1S/C13H11N3O3/c1-14-12(17)6-11-15-13(19-16-11)9-7-18-10-5-3-2-4-8(9)10/h2-5,7H,6H2,1H3,(H,14,17). The van der Waals surface area contributed by atoms with E-state index in [9.17, 15) is 4.79 Å². The van der Waals surface area contributed by atoms with Gasteiger partial charge in [-0.15, -0.1) is 0 Å². The van der Waals surface area contributed by atoms with Crippen LogP contribution in [0.25, 0.3) is 22.4 Å². The predicted octanol–water partition coefficient (Wildman–Crippen LogP) is 1.77. The van der Waals surface area contributed by atoms with E-state index < -0.39 is 0 Å². The summed E-state index contributed by atoms with van der Waals surface area (Å²) >= 11 is 0. The Bertz CT molecular complexity index is 729. The van der Waals surface area contributed by atoms with Gasteiger partial charge in [0.15, 0.2) is 5.82 Å². The van der Waals surface area contributed by atoms with E-state index in [1.165, 1.54) is 0 Å². The van der Waals surface area contributed by atoms with Crippen LogP contribution >= 0.6 is 0 Å². The van der Waals surface area contributed by atoms with E-state index in [1.54, 1.807) is 13.3 Å². The molecule has 0 aliphatic carbocycles. The maximum atomic E-state index is 11.2. The topological polar surface area (TPSA) is 81.2 Å². The van der Waals surface area contributed by atoms with Crippen LogP contribution in [0, 0.1) is 0 Å². The van der Waals surface area contributed by atoms with Gasteiger partial charge >= 0.3 is 0 Å². The molecule has 0 spiro atoms. The first-order chi connectivity index (χ1) is 9.28. The number of carbonyl (C=O) groups is 1. The highest BCUT2D eigenvalue weighted by atomic mass is 16.5. The normalized spacial score (nSPS) is 10.8. The highest BCUT2D eigenvalue weighted by Gasteiger charge is 2.15. The molecule has 0 saturated carbocycles. The van der Waals surface area contributed by atoms with E-state index >= 15 is 0 Å². The fourth-order valence-corrected chi connectivity index (χ4v) is 1.81. The third kappa shape index (κ3) is 2.08. The van der Waals surface area contributed by atoms with E-state index in [2.05, 4.69) is 15.5 Å². The minimum Gasteiger partial charge on any atom is -0.463 e. The van der Waals surface area contributed by atoms with Crippen molar-refractivity contribution in [1.82, 2.24) is 15.5 Å². The molecule has 0 fully saturated rings. The maximum Gasteiger partial charge on any atom is 0.261 e. The largest absolute Gasteiger partial charge is 0.463 e. The molecule has 2 heterocycles. The van der Waals surface area contributed by atoms with Crippen molar-refractivity contribution < 1.29 is 13.7 Å². The molecule has 1 amide bonds. The highest BCUT2D eigenvalue weighted by Crippen LogP contribution is 2.29. The van der Waals surface area contributed by atoms with E-state index in [0.29, 0.717) is 11.7 Å². The molecule has 0 atom stereocenters. The number of furan rings is 1. The number of nitrogens with zero attached hydrogens (tertiary/aromatic N) is 2. The van der Waals surface area contributed by atoms with Crippen LogP contribution in [0.4, 0.5) is 0 Å². The fourth-order valence-electron chi connectivity index (χ4n) is 1.81. The van der Waals surface area contributed by atoms with Crippen LogP contribution in [0.2, 0.25) is 0 Å². The Kier molecular flexibility index (Phi) is 2.75. The van der Waals surface area contributed by atoms with Gasteiger partial charge in [-0.05, 0) is 6.07 Å². The summed E-state index contributed by atoms with van der Waals surface area (Å²) in [6.07, 6.45) is 1.66. The number of hydrogen-bond acceptors (Lipinski definition) is 5. The summed E-state index contributed by atoms with van der Waals surface area (Å²) in [5, 5.41) is 7.19. The van der Waals surface area contributed by atoms with Crippen molar-refractivity contribution in [3.63, 3.8) is 0 Å². The fraction of sp³-hybridized carbons (Fsp3) is 0.154. The molecule has 0 bridgehead atoms. The molecule has 3 aromatic rings. The van der Waals surface area contributed by atoms with Gasteiger partial charge in [0.1, 0.15) is 11.8 Å². The number of aromatic nitrogens is 2. The Morgan fingerprint density at radius 2 is 2.21 bits per heavy atom. The molecule has 0 aliphatic heterocycles. The molecule has 0 aliphatic rings. The van der Waals surface area contributed by atoms with Crippen LogP contribution in [0.3, 0.4) is 0 Å². The number of carbonyl (C=O) groups excluding carboxylic acids is 1. The van der Waals surface area contributed by atoms with Crippen molar-refractivity contribution in [2.75, 3.05) is 7.05 Å². The smallest absolute Gasteiger partial charge is 0.261 e. The second-order valence-corrected chi connectivity index (χ2v) is 4.01. The number of amides is 1. The highest BCUT2D eigenvalue weighted by molar-refractivity contribution is 5.91. The first-order valence-corrected chi connectivity index (χ1v) is 5.77. The van der Waals surface area contributed by atoms with Crippen molar-refractivity contribution in [2.45, 2.75) is 6.42 Å². The molecule has 6 heteroatoms. The first-order valence-electron chi connectivity index (χ1n) is 5.77. The van der Waals surface area contributed by atoms with Gasteiger partial charge < -0.3 is 14.3 Å². The number of para-hydroxylation sites is 1. The molecule has 6 nitrogen and oxygen atoms in total. The zero-order valence-electron chi connectivity index (χ0n) is 10.2. The number of fused-ring (bicyclic) bond motifs is 1. The molecule has 0 unspecified atom stereocenters. The van der Waals surface area contributed by atoms with Crippen LogP contribution in [0.15, 0.2) is 39.5 Å². The number of benzene rings is 1. The van der Waals surface area contributed by atoms with Crippen molar-refractivity contribution in [3.05, 3.63) is 36.4 Å². The third-order valence-corrected chi connectivity index (χ3v) is 2.78. The molecule has 0 saturated heterocycles. The lowest BCUT2D eigenvalue weighted by molar-refractivity contribution is -0.120. The van der Waals surface area contributed by atoms with Gasteiger partial charge in [-0.2, -0.15) is 4.98 Å². The quantitative estimate of drug-likeness (QED) is 0.773. The van der Waals surface area contributed by atoms with Gasteiger partial charge in [0, 0.05) is 12.4 Å². The first kappa shape index (κ1) is 11.5. The van der Waals surface area contributed by atoms with Crippen molar-refractivity contribution >= 4 is 16.9 Å². The second-order valence-electron chi connectivity index (χ2n) is 4.01. The van der Waals surface area contributed by atoms with Crippen LogP contribution in [-0.4, -0.2) is 23.1 Å². The number of nitrogens with one attached hydrogen (secondary N) is 1. The molecule has 19 heavy (non-hydrogen) atoms. The predicted molar refractivity (Wildman–Crippen MR) is 67.3 cm³/mol. The van der Waals surface area contributed by atoms with Crippen LogP contribution in [0.1, 0.15) is 5.82 Å². The Morgan fingerprint density at radius 1 is 1.37 bits per heavy atom. The van der Waals surface area contributed by atoms with Gasteiger partial charge in [0.05, 0.1) is 12.0 Å². The summed E-state index contributed by atoms with van der Waals surface area (Å²) in [5.74, 6) is 0.535. The van der Waals surface area contributed by atoms with Crippen molar-refractivity contribution in [2.24, 2.45) is 0 Å². The summed E-state index contributed by atoms with van der Waals surface area (Å²) < 4.78 is 10.6. The Balaban J connectivity index is 1.96. The van der Waals surface area contributed by atoms with Gasteiger partial charge in [-0.1, -0.05) is 23.4 Å². The Labute approximate surface area is 108 Å². The molecular weight excluding hydrogens is 246 g/mol. The van der Waals surface area contributed by atoms with Gasteiger partial charge in [-0.3, -0.25) is 4.79 Å². The molecule has 0 radical (unpaired) electrons. The minimum atomic E-state index is -0.163. The molecule has 96 valence electrons. The van der Waals surface area contributed by atoms with Gasteiger partial charge in [0.25, 0.3) is 5.89 Å². The molecular formula is C13H11N3O3. The Morgan fingerprint density at radius 3 is 3.05 bits per heavy atom.